The Hall–Kier alpha value is -2.81. The number of nitrogens with two attached hydrogens (primary N) is 2. The molecule has 5 N–H and O–H groups in total. The standard InChI is InChI=1S/C21H31N7O2/c1-13-18(29-15-6-4-3-5-7-15)11-10-16(25-13)19(22)17(28(2)23)12-24-21-26-20(27-30-21)14-8-9-14/h10-11,14-15H,3-9,12,22-23H2,1-2H3,(H,24,26,27)/b19-17-. The Labute approximate surface area is 176 Å². The summed E-state index contributed by atoms with van der Waals surface area (Å²) in [5.41, 5.74) is 9.05. The summed E-state index contributed by atoms with van der Waals surface area (Å²) in [7, 11) is 1.74. The first-order valence-electron chi connectivity index (χ1n) is 10.7. The van der Waals surface area contributed by atoms with E-state index >= 15 is 0 Å². The molecule has 0 amide bonds. The van der Waals surface area contributed by atoms with Crippen molar-refractivity contribution in [3.05, 3.63) is 35.0 Å². The van der Waals surface area contributed by atoms with Crippen molar-refractivity contribution in [2.24, 2.45) is 11.6 Å². The lowest BCUT2D eigenvalue weighted by Crippen LogP contribution is -2.32. The fraction of sp³-hybridized carbons (Fsp3) is 0.571. The highest BCUT2D eigenvalue weighted by atomic mass is 16.5. The molecular formula is C21H31N7O2. The number of aromatic nitrogens is 3. The molecule has 9 nitrogen and oxygen atoms in total. The molecule has 2 aliphatic rings. The molecular weight excluding hydrogens is 382 g/mol. The first kappa shape index (κ1) is 20.5. The molecule has 0 atom stereocenters. The number of hydrogen-bond donors (Lipinski definition) is 3. The van der Waals surface area contributed by atoms with Crippen LogP contribution in [0.4, 0.5) is 6.01 Å². The molecule has 30 heavy (non-hydrogen) atoms. The Morgan fingerprint density at radius 1 is 1.20 bits per heavy atom. The van der Waals surface area contributed by atoms with Crippen LogP contribution in [0.2, 0.25) is 0 Å². The van der Waals surface area contributed by atoms with E-state index in [1.807, 2.05) is 19.1 Å². The molecule has 0 bridgehead atoms. The van der Waals surface area contributed by atoms with Crippen molar-refractivity contribution in [3.63, 3.8) is 0 Å². The number of pyridine rings is 1. The smallest absolute Gasteiger partial charge is 0.321 e. The minimum Gasteiger partial charge on any atom is -0.489 e. The van der Waals surface area contributed by atoms with Gasteiger partial charge in [-0.15, -0.1) is 0 Å². The van der Waals surface area contributed by atoms with E-state index in [0.717, 1.165) is 43.0 Å². The van der Waals surface area contributed by atoms with Crippen LogP contribution in [0, 0.1) is 6.92 Å². The minimum atomic E-state index is 0.280. The van der Waals surface area contributed by atoms with Crippen molar-refractivity contribution in [2.75, 3.05) is 18.9 Å². The van der Waals surface area contributed by atoms with Gasteiger partial charge in [0.05, 0.1) is 35.4 Å². The van der Waals surface area contributed by atoms with Gasteiger partial charge in [0.2, 0.25) is 0 Å². The molecule has 2 aromatic heterocycles. The highest BCUT2D eigenvalue weighted by Crippen LogP contribution is 2.38. The van der Waals surface area contributed by atoms with E-state index in [1.165, 1.54) is 24.3 Å². The molecule has 0 aliphatic heterocycles. The van der Waals surface area contributed by atoms with E-state index in [9.17, 15) is 0 Å². The van der Waals surface area contributed by atoms with Gasteiger partial charge >= 0.3 is 6.01 Å². The number of nitrogens with one attached hydrogen (secondary N) is 1. The van der Waals surface area contributed by atoms with Crippen molar-refractivity contribution in [1.82, 2.24) is 20.1 Å². The summed E-state index contributed by atoms with van der Waals surface area (Å²) >= 11 is 0. The van der Waals surface area contributed by atoms with Gasteiger partial charge in [0, 0.05) is 13.0 Å². The Morgan fingerprint density at radius 3 is 2.63 bits per heavy atom. The zero-order valence-corrected chi connectivity index (χ0v) is 17.7. The lowest BCUT2D eigenvalue weighted by atomic mass is 9.98. The zero-order valence-electron chi connectivity index (χ0n) is 17.7. The van der Waals surface area contributed by atoms with Gasteiger partial charge in [-0.25, -0.2) is 10.8 Å². The molecule has 0 saturated heterocycles. The van der Waals surface area contributed by atoms with Gasteiger partial charge in [-0.05, 0) is 57.6 Å². The first-order chi connectivity index (χ1) is 14.5. The average Bonchev–Trinajstić information content (AvgIpc) is 3.48. The highest BCUT2D eigenvalue weighted by molar-refractivity contribution is 5.64. The molecule has 2 saturated carbocycles. The fourth-order valence-corrected chi connectivity index (χ4v) is 3.72. The normalized spacial score (nSPS) is 18.1. The number of likely N-dealkylation sites (N-methyl/N-ethyl adjacent to an activating group) is 1. The van der Waals surface area contributed by atoms with Crippen LogP contribution in [0.5, 0.6) is 5.75 Å². The summed E-state index contributed by atoms with van der Waals surface area (Å²) < 4.78 is 11.4. The van der Waals surface area contributed by atoms with Gasteiger partial charge in [-0.3, -0.25) is 0 Å². The van der Waals surface area contributed by atoms with Gasteiger partial charge < -0.3 is 25.3 Å². The summed E-state index contributed by atoms with van der Waals surface area (Å²) in [6.07, 6.45) is 8.49. The number of hydrogen-bond acceptors (Lipinski definition) is 9. The second kappa shape index (κ2) is 8.91. The Kier molecular flexibility index (Phi) is 6.08. The third kappa shape index (κ3) is 4.84. The zero-order chi connectivity index (χ0) is 21.1. The summed E-state index contributed by atoms with van der Waals surface area (Å²) in [5.74, 6) is 8.03. The first-order valence-corrected chi connectivity index (χ1v) is 10.7. The number of hydrazine groups is 1. The lowest BCUT2D eigenvalue weighted by Gasteiger charge is -2.24. The summed E-state index contributed by atoms with van der Waals surface area (Å²) in [5, 5.41) is 8.59. The second-order valence-electron chi connectivity index (χ2n) is 8.21. The van der Waals surface area contributed by atoms with Gasteiger partial charge in [-0.2, -0.15) is 4.98 Å². The third-order valence-corrected chi connectivity index (χ3v) is 5.69. The van der Waals surface area contributed by atoms with E-state index in [1.54, 1.807) is 7.05 Å². The number of aryl methyl sites for hydroxylation is 1. The lowest BCUT2D eigenvalue weighted by molar-refractivity contribution is 0.153. The molecule has 0 aromatic carbocycles. The summed E-state index contributed by atoms with van der Waals surface area (Å²) in [6.45, 7) is 2.28. The quantitative estimate of drug-likeness (QED) is 0.442. The van der Waals surface area contributed by atoms with Crippen LogP contribution in [-0.4, -0.2) is 39.8 Å². The molecule has 2 aliphatic carbocycles. The van der Waals surface area contributed by atoms with Crippen molar-refractivity contribution in [2.45, 2.75) is 63.9 Å². The monoisotopic (exact) mass is 413 g/mol. The predicted octanol–water partition coefficient (Wildman–Crippen LogP) is 2.91. The van der Waals surface area contributed by atoms with Gasteiger partial charge in [0.15, 0.2) is 5.82 Å². The molecule has 2 fully saturated rings. The molecule has 2 aromatic rings. The number of anilines is 1. The Morgan fingerprint density at radius 2 is 1.97 bits per heavy atom. The van der Waals surface area contributed by atoms with Crippen molar-refractivity contribution in [3.8, 4) is 5.75 Å². The van der Waals surface area contributed by atoms with Crippen LogP contribution in [-0.2, 0) is 0 Å². The van der Waals surface area contributed by atoms with Gasteiger partial charge in [-0.1, -0.05) is 11.6 Å². The van der Waals surface area contributed by atoms with E-state index < -0.39 is 0 Å². The van der Waals surface area contributed by atoms with Crippen molar-refractivity contribution in [1.29, 1.82) is 0 Å². The molecule has 162 valence electrons. The largest absolute Gasteiger partial charge is 0.489 e. The number of nitrogens with zero attached hydrogens (tertiary/aromatic N) is 4. The van der Waals surface area contributed by atoms with Crippen LogP contribution in [0.25, 0.3) is 5.70 Å². The van der Waals surface area contributed by atoms with Gasteiger partial charge in [0.25, 0.3) is 0 Å². The van der Waals surface area contributed by atoms with E-state index in [-0.39, 0.29) is 6.10 Å². The summed E-state index contributed by atoms with van der Waals surface area (Å²) in [6, 6.07) is 4.19. The highest BCUT2D eigenvalue weighted by Gasteiger charge is 2.28. The fourth-order valence-electron chi connectivity index (χ4n) is 3.72. The molecule has 0 radical (unpaired) electrons. The van der Waals surface area contributed by atoms with Crippen LogP contribution >= 0.6 is 0 Å². The predicted molar refractivity (Wildman–Crippen MR) is 114 cm³/mol. The van der Waals surface area contributed by atoms with Crippen LogP contribution < -0.4 is 21.6 Å². The molecule has 0 unspecified atom stereocenters. The molecule has 4 rings (SSSR count). The number of rotatable bonds is 8. The third-order valence-electron chi connectivity index (χ3n) is 5.69. The maximum atomic E-state index is 6.42. The number of ether oxygens (including phenoxy) is 1. The van der Waals surface area contributed by atoms with Crippen molar-refractivity contribution < 1.29 is 9.26 Å². The van der Waals surface area contributed by atoms with E-state index in [4.69, 9.17) is 20.8 Å². The summed E-state index contributed by atoms with van der Waals surface area (Å²) in [4.78, 5) is 9.04. The van der Waals surface area contributed by atoms with Crippen LogP contribution in [0.3, 0.4) is 0 Å². The minimum absolute atomic E-state index is 0.280. The van der Waals surface area contributed by atoms with E-state index in [2.05, 4.69) is 20.4 Å². The van der Waals surface area contributed by atoms with E-state index in [0.29, 0.717) is 35.6 Å². The molecule has 9 heteroatoms. The topological polar surface area (TPSA) is 128 Å². The van der Waals surface area contributed by atoms with Crippen LogP contribution in [0.1, 0.15) is 68.1 Å². The molecule has 2 heterocycles. The van der Waals surface area contributed by atoms with Crippen molar-refractivity contribution >= 4 is 11.7 Å². The second-order valence-corrected chi connectivity index (χ2v) is 8.21. The average molecular weight is 414 g/mol. The Balaban J connectivity index is 1.46. The van der Waals surface area contributed by atoms with Gasteiger partial charge in [0.1, 0.15) is 5.75 Å². The Bertz CT molecular complexity index is 899. The SMILES string of the molecule is Cc1nc(/C(N)=C(\CNc2nc(C3CC3)no2)N(C)N)ccc1OC1CCCCC1. The maximum Gasteiger partial charge on any atom is 0.321 e. The maximum absolute atomic E-state index is 6.42. The van der Waals surface area contributed by atoms with Crippen LogP contribution in [0.15, 0.2) is 22.4 Å². The molecule has 0 spiro atoms.